The summed E-state index contributed by atoms with van der Waals surface area (Å²) in [7, 11) is 0. The lowest BCUT2D eigenvalue weighted by Crippen LogP contribution is -2.20. The summed E-state index contributed by atoms with van der Waals surface area (Å²) in [5.74, 6) is 0.656. The Hall–Kier alpha value is -1.00. The molecule has 1 N–H and O–H groups in total. The quantitative estimate of drug-likeness (QED) is 0.576. The molecule has 76 valence electrons. The molecule has 1 atom stereocenters. The number of para-hydroxylation sites is 1. The molecule has 1 rings (SSSR count). The molecule has 0 unspecified atom stereocenters. The molecule has 0 saturated heterocycles. The maximum Gasteiger partial charge on any atom is 0.152 e. The van der Waals surface area contributed by atoms with Gasteiger partial charge in [-0.15, -0.1) is 0 Å². The smallest absolute Gasteiger partial charge is 0.152 e. The van der Waals surface area contributed by atoms with E-state index in [1.807, 2.05) is 36.6 Å². The second-order valence-electron chi connectivity index (χ2n) is 2.72. The highest BCUT2D eigenvalue weighted by Crippen LogP contribution is 2.07. The van der Waals surface area contributed by atoms with Crippen LogP contribution in [0.2, 0.25) is 0 Å². The van der Waals surface area contributed by atoms with Crippen molar-refractivity contribution in [2.75, 3.05) is 17.5 Å². The van der Waals surface area contributed by atoms with E-state index in [2.05, 4.69) is 5.48 Å². The van der Waals surface area contributed by atoms with Crippen LogP contribution in [0.5, 0.6) is 0 Å². The zero-order valence-corrected chi connectivity index (χ0v) is 8.79. The first-order valence-corrected chi connectivity index (χ1v) is 5.67. The van der Waals surface area contributed by atoms with Gasteiger partial charge in [0.05, 0.1) is 5.69 Å². The molecule has 3 nitrogen and oxygen atoms in total. The number of benzene rings is 1. The molecule has 0 aliphatic heterocycles. The summed E-state index contributed by atoms with van der Waals surface area (Å²) >= 11 is 1.57. The first-order valence-electron chi connectivity index (χ1n) is 4.27. The molecular weight excluding hydrogens is 198 g/mol. The molecular formula is C10H13NO2S. The van der Waals surface area contributed by atoms with Crippen molar-refractivity contribution in [3.05, 3.63) is 30.3 Å². The van der Waals surface area contributed by atoms with Crippen LogP contribution in [0.15, 0.2) is 30.3 Å². The van der Waals surface area contributed by atoms with Crippen molar-refractivity contribution in [2.24, 2.45) is 0 Å². The fourth-order valence-corrected chi connectivity index (χ4v) is 1.39. The van der Waals surface area contributed by atoms with E-state index in [9.17, 15) is 4.79 Å². The molecule has 0 fully saturated rings. The molecule has 0 aliphatic rings. The monoisotopic (exact) mass is 211 g/mol. The second kappa shape index (κ2) is 6.45. The number of nitrogens with one attached hydrogen (secondary N) is 1. The standard InChI is InChI=1S/C10H13NO2S/c1-14-8-10(7-12)13-11-9-5-3-2-4-6-9/h2-7,10-11H,8H2,1H3/t10-/m0/s1. The van der Waals surface area contributed by atoms with Crippen molar-refractivity contribution in [2.45, 2.75) is 6.10 Å². The van der Waals surface area contributed by atoms with Gasteiger partial charge in [-0.05, 0) is 18.4 Å². The summed E-state index contributed by atoms with van der Waals surface area (Å²) in [6.07, 6.45) is 2.33. The Bertz CT molecular complexity index is 266. The number of aldehydes is 1. The average molecular weight is 211 g/mol. The van der Waals surface area contributed by atoms with Crippen molar-refractivity contribution < 1.29 is 9.63 Å². The lowest BCUT2D eigenvalue weighted by atomic mass is 10.3. The predicted molar refractivity (Wildman–Crippen MR) is 59.4 cm³/mol. The van der Waals surface area contributed by atoms with E-state index in [0.717, 1.165) is 12.0 Å². The van der Waals surface area contributed by atoms with Crippen LogP contribution in [-0.4, -0.2) is 24.4 Å². The summed E-state index contributed by atoms with van der Waals surface area (Å²) in [5, 5.41) is 0. The fourth-order valence-electron chi connectivity index (χ4n) is 0.915. The maximum absolute atomic E-state index is 10.5. The van der Waals surface area contributed by atoms with Gasteiger partial charge in [0, 0.05) is 5.75 Å². The zero-order valence-electron chi connectivity index (χ0n) is 7.97. The Morgan fingerprint density at radius 2 is 2.21 bits per heavy atom. The molecule has 1 aromatic rings. The molecule has 0 aliphatic carbocycles. The number of thioether (sulfide) groups is 1. The van der Waals surface area contributed by atoms with Gasteiger partial charge in [-0.3, -0.25) is 10.3 Å². The number of hydrogen-bond acceptors (Lipinski definition) is 4. The first-order chi connectivity index (χ1) is 6.86. The van der Waals surface area contributed by atoms with Crippen LogP contribution in [0, 0.1) is 0 Å². The van der Waals surface area contributed by atoms with Crippen molar-refractivity contribution >= 4 is 23.7 Å². The average Bonchev–Trinajstić information content (AvgIpc) is 2.25. The van der Waals surface area contributed by atoms with Crippen LogP contribution in [0.25, 0.3) is 0 Å². The van der Waals surface area contributed by atoms with Gasteiger partial charge in [0.1, 0.15) is 6.10 Å². The van der Waals surface area contributed by atoms with E-state index in [1.165, 1.54) is 0 Å². The molecule has 1 aromatic carbocycles. The van der Waals surface area contributed by atoms with Gasteiger partial charge >= 0.3 is 0 Å². The van der Waals surface area contributed by atoms with E-state index < -0.39 is 6.10 Å². The summed E-state index contributed by atoms with van der Waals surface area (Å²) < 4.78 is 0. The Labute approximate surface area is 87.8 Å². The number of rotatable bonds is 6. The van der Waals surface area contributed by atoms with Gasteiger partial charge in [-0.2, -0.15) is 11.8 Å². The Morgan fingerprint density at radius 1 is 1.50 bits per heavy atom. The van der Waals surface area contributed by atoms with Gasteiger partial charge < -0.3 is 4.79 Å². The van der Waals surface area contributed by atoms with Gasteiger partial charge in [-0.1, -0.05) is 18.2 Å². The first kappa shape index (κ1) is 11.1. The van der Waals surface area contributed by atoms with Gasteiger partial charge in [-0.25, -0.2) is 0 Å². The summed E-state index contributed by atoms with van der Waals surface area (Å²) in [5.41, 5.74) is 3.58. The SMILES string of the molecule is CSC[C@H](C=O)ONc1ccccc1. The lowest BCUT2D eigenvalue weighted by molar-refractivity contribution is -0.115. The highest BCUT2D eigenvalue weighted by atomic mass is 32.2. The van der Waals surface area contributed by atoms with Crippen LogP contribution in [0.3, 0.4) is 0 Å². The molecule has 14 heavy (non-hydrogen) atoms. The normalized spacial score (nSPS) is 12.1. The third-order valence-corrected chi connectivity index (χ3v) is 2.25. The number of carbonyl (C=O) groups excluding carboxylic acids is 1. The lowest BCUT2D eigenvalue weighted by Gasteiger charge is -2.11. The minimum Gasteiger partial charge on any atom is -0.300 e. The van der Waals surface area contributed by atoms with E-state index in [0.29, 0.717) is 5.75 Å². The van der Waals surface area contributed by atoms with Crippen LogP contribution >= 0.6 is 11.8 Å². The third-order valence-electron chi connectivity index (χ3n) is 1.58. The van der Waals surface area contributed by atoms with Crippen molar-refractivity contribution in [1.82, 2.24) is 0 Å². The van der Waals surface area contributed by atoms with Gasteiger partial charge in [0.2, 0.25) is 0 Å². The minimum atomic E-state index is -0.398. The van der Waals surface area contributed by atoms with E-state index >= 15 is 0 Å². The molecule has 0 spiro atoms. The fraction of sp³-hybridized carbons (Fsp3) is 0.300. The number of carbonyl (C=O) groups is 1. The van der Waals surface area contributed by atoms with E-state index in [4.69, 9.17) is 4.84 Å². The largest absolute Gasteiger partial charge is 0.300 e. The van der Waals surface area contributed by atoms with Crippen LogP contribution < -0.4 is 5.48 Å². The van der Waals surface area contributed by atoms with Gasteiger partial charge in [0.25, 0.3) is 0 Å². The van der Waals surface area contributed by atoms with Crippen molar-refractivity contribution in [1.29, 1.82) is 0 Å². The second-order valence-corrected chi connectivity index (χ2v) is 3.63. The molecule has 0 saturated carbocycles. The molecule has 0 amide bonds. The minimum absolute atomic E-state index is 0.398. The van der Waals surface area contributed by atoms with Crippen LogP contribution in [0.4, 0.5) is 5.69 Å². The van der Waals surface area contributed by atoms with E-state index in [-0.39, 0.29) is 0 Å². The van der Waals surface area contributed by atoms with E-state index in [1.54, 1.807) is 11.8 Å². The Morgan fingerprint density at radius 3 is 2.79 bits per heavy atom. The highest BCUT2D eigenvalue weighted by Gasteiger charge is 2.06. The van der Waals surface area contributed by atoms with Crippen LogP contribution in [-0.2, 0) is 9.63 Å². The molecule has 0 bridgehead atoms. The van der Waals surface area contributed by atoms with Crippen molar-refractivity contribution in [3.8, 4) is 0 Å². The Balaban J connectivity index is 2.35. The van der Waals surface area contributed by atoms with Gasteiger partial charge in [0.15, 0.2) is 6.29 Å². The molecule has 4 heteroatoms. The summed E-state index contributed by atoms with van der Waals surface area (Å²) in [4.78, 5) is 15.7. The maximum atomic E-state index is 10.5. The number of hydrogen-bond donors (Lipinski definition) is 1. The third kappa shape index (κ3) is 3.81. The van der Waals surface area contributed by atoms with Crippen LogP contribution in [0.1, 0.15) is 0 Å². The van der Waals surface area contributed by atoms with Crippen molar-refractivity contribution in [3.63, 3.8) is 0 Å². The topological polar surface area (TPSA) is 38.3 Å². The number of anilines is 1. The Kier molecular flexibility index (Phi) is 5.11. The molecule has 0 aromatic heterocycles. The molecule has 0 radical (unpaired) electrons. The summed E-state index contributed by atoms with van der Waals surface area (Å²) in [6.45, 7) is 0. The molecule has 0 heterocycles. The predicted octanol–water partition coefficient (Wildman–Crippen LogP) is 1.96. The zero-order chi connectivity index (χ0) is 10.2. The highest BCUT2D eigenvalue weighted by molar-refractivity contribution is 7.98. The summed E-state index contributed by atoms with van der Waals surface area (Å²) in [6, 6.07) is 9.47.